The van der Waals surface area contributed by atoms with Crippen molar-refractivity contribution in [2.45, 2.75) is 32.0 Å². The first-order valence-corrected chi connectivity index (χ1v) is 7.79. The molecule has 0 aromatic heterocycles. The van der Waals surface area contributed by atoms with Gasteiger partial charge in [0, 0.05) is 0 Å². The van der Waals surface area contributed by atoms with Gasteiger partial charge in [-0.25, -0.2) is 0 Å². The number of piperidine rings is 1. The minimum Gasteiger partial charge on any atom is -0.454 e. The van der Waals surface area contributed by atoms with E-state index in [-0.39, 0.29) is 12.9 Å². The Bertz CT molecular complexity index is 460. The highest BCUT2D eigenvalue weighted by atomic mass is 16.7. The van der Waals surface area contributed by atoms with Gasteiger partial charge in [0.25, 0.3) is 0 Å². The molecule has 0 bridgehead atoms. The Morgan fingerprint density at radius 2 is 1.95 bits per heavy atom. The van der Waals surface area contributed by atoms with Crippen molar-refractivity contribution in [2.24, 2.45) is 0 Å². The van der Waals surface area contributed by atoms with E-state index in [4.69, 9.17) is 14.2 Å². The van der Waals surface area contributed by atoms with Crippen molar-refractivity contribution in [1.82, 2.24) is 0 Å². The molecule has 0 amide bonds. The maximum Gasteiger partial charge on any atom is 0.231 e. The van der Waals surface area contributed by atoms with Crippen LogP contribution in [0, 0.1) is 0 Å². The van der Waals surface area contributed by atoms with Gasteiger partial charge in [0.15, 0.2) is 11.5 Å². The Kier molecular flexibility index (Phi) is 4.95. The molecule has 1 aromatic carbocycles. The van der Waals surface area contributed by atoms with Crippen molar-refractivity contribution in [2.75, 3.05) is 33.0 Å². The van der Waals surface area contributed by atoms with Crippen LogP contribution in [0.3, 0.4) is 0 Å². The summed E-state index contributed by atoms with van der Waals surface area (Å²) in [6, 6.07) is 5.80. The van der Waals surface area contributed by atoms with Crippen LogP contribution in [0.15, 0.2) is 18.2 Å². The van der Waals surface area contributed by atoms with Crippen LogP contribution in [0.1, 0.15) is 24.8 Å². The first-order chi connectivity index (χ1) is 10.3. The fourth-order valence-electron chi connectivity index (χ4n) is 2.99. The summed E-state index contributed by atoms with van der Waals surface area (Å²) in [4.78, 5) is 1.50. The molecule has 0 saturated carbocycles. The second kappa shape index (κ2) is 7.11. The number of nitrogens with one attached hydrogen (secondary N) is 1. The molecule has 0 aliphatic carbocycles. The number of hydrogen-bond acceptors (Lipinski definition) is 4. The fourth-order valence-corrected chi connectivity index (χ4v) is 2.99. The highest BCUT2D eigenvalue weighted by molar-refractivity contribution is 5.44. The number of rotatable bonds is 6. The molecular weight excluding hydrogens is 270 g/mol. The normalized spacial score (nSPS) is 19.7. The highest BCUT2D eigenvalue weighted by Gasteiger charge is 2.18. The van der Waals surface area contributed by atoms with Gasteiger partial charge in [-0.2, -0.15) is 0 Å². The van der Waals surface area contributed by atoms with E-state index in [9.17, 15) is 5.11 Å². The molecule has 1 aromatic rings. The summed E-state index contributed by atoms with van der Waals surface area (Å²) in [6.45, 7) is 4.32. The Hall–Kier alpha value is -1.30. The minimum atomic E-state index is -0.382. The van der Waals surface area contributed by atoms with Crippen LogP contribution in [0.25, 0.3) is 0 Å². The van der Waals surface area contributed by atoms with E-state index < -0.39 is 0 Å². The summed E-state index contributed by atoms with van der Waals surface area (Å²) >= 11 is 0. The second-order valence-corrected chi connectivity index (χ2v) is 5.87. The lowest BCUT2D eigenvalue weighted by Gasteiger charge is -2.25. The molecular formula is C16H24NO4+. The summed E-state index contributed by atoms with van der Waals surface area (Å²) in [6.07, 6.45) is 3.51. The molecule has 3 rings (SSSR count). The lowest BCUT2D eigenvalue weighted by atomic mass is 10.1. The molecule has 21 heavy (non-hydrogen) atoms. The zero-order valence-electron chi connectivity index (χ0n) is 12.3. The monoisotopic (exact) mass is 294 g/mol. The Balaban J connectivity index is 1.39. The van der Waals surface area contributed by atoms with Gasteiger partial charge in [-0.15, -0.1) is 0 Å². The van der Waals surface area contributed by atoms with Crippen LogP contribution >= 0.6 is 0 Å². The number of aliphatic hydroxyl groups is 1. The molecule has 2 aliphatic heterocycles. The molecule has 1 fully saturated rings. The average Bonchev–Trinajstić information content (AvgIpc) is 2.96. The molecule has 2 heterocycles. The van der Waals surface area contributed by atoms with Gasteiger partial charge in [-0.05, 0) is 37.0 Å². The molecule has 2 aliphatic rings. The van der Waals surface area contributed by atoms with Crippen LogP contribution in [0.2, 0.25) is 0 Å². The number of likely N-dealkylation sites (tertiary alicyclic amines) is 1. The summed E-state index contributed by atoms with van der Waals surface area (Å²) in [5.41, 5.74) is 1.04. The van der Waals surface area contributed by atoms with E-state index in [0.29, 0.717) is 13.2 Å². The maximum absolute atomic E-state index is 10.0. The predicted octanol–water partition coefficient (Wildman–Crippen LogP) is 0.362. The molecule has 2 N–H and O–H groups in total. The number of quaternary nitrogens is 1. The molecule has 1 atom stereocenters. The highest BCUT2D eigenvalue weighted by Crippen LogP contribution is 2.32. The van der Waals surface area contributed by atoms with E-state index in [1.165, 1.54) is 37.3 Å². The largest absolute Gasteiger partial charge is 0.454 e. The van der Waals surface area contributed by atoms with Gasteiger partial charge in [0.2, 0.25) is 6.79 Å². The van der Waals surface area contributed by atoms with Crippen LogP contribution in [-0.2, 0) is 11.3 Å². The van der Waals surface area contributed by atoms with Crippen molar-refractivity contribution >= 4 is 0 Å². The summed E-state index contributed by atoms with van der Waals surface area (Å²) in [5.74, 6) is 1.56. The Labute approximate surface area is 125 Å². The summed E-state index contributed by atoms with van der Waals surface area (Å²) in [7, 11) is 0. The molecule has 0 unspecified atom stereocenters. The number of aliphatic hydroxyl groups excluding tert-OH is 1. The molecule has 0 radical (unpaired) electrons. The SMILES string of the molecule is O[C@H](COCc1ccc2c(c1)OCO2)C[NH+]1CCCCC1. The van der Waals surface area contributed by atoms with Gasteiger partial charge < -0.3 is 24.2 Å². The number of benzene rings is 1. The van der Waals surface area contributed by atoms with E-state index in [1.54, 1.807) is 0 Å². The number of fused-ring (bicyclic) bond motifs is 1. The Morgan fingerprint density at radius 3 is 2.81 bits per heavy atom. The standard InChI is InChI=1S/C16H23NO4/c18-14(9-17-6-2-1-3-7-17)11-19-10-13-4-5-15-16(8-13)21-12-20-15/h4-5,8,14,18H,1-3,6-7,9-12H2/p+1/t14-/m0/s1. The summed E-state index contributed by atoms with van der Waals surface area (Å²) < 4.78 is 16.2. The number of ether oxygens (including phenoxy) is 3. The topological polar surface area (TPSA) is 52.4 Å². The van der Waals surface area contributed by atoms with Crippen LogP contribution in [-0.4, -0.2) is 44.2 Å². The Morgan fingerprint density at radius 1 is 1.14 bits per heavy atom. The first kappa shape index (κ1) is 14.6. The van der Waals surface area contributed by atoms with E-state index in [2.05, 4.69) is 0 Å². The first-order valence-electron chi connectivity index (χ1n) is 7.79. The molecule has 116 valence electrons. The van der Waals surface area contributed by atoms with Gasteiger partial charge in [-0.1, -0.05) is 6.07 Å². The second-order valence-electron chi connectivity index (χ2n) is 5.87. The third kappa shape index (κ3) is 4.09. The van der Waals surface area contributed by atoms with Crippen LogP contribution < -0.4 is 14.4 Å². The molecule has 0 spiro atoms. The lowest BCUT2D eigenvalue weighted by molar-refractivity contribution is -0.908. The van der Waals surface area contributed by atoms with E-state index >= 15 is 0 Å². The summed E-state index contributed by atoms with van der Waals surface area (Å²) in [5, 5.41) is 10.0. The third-order valence-electron chi connectivity index (χ3n) is 4.10. The zero-order valence-corrected chi connectivity index (χ0v) is 12.3. The van der Waals surface area contributed by atoms with Gasteiger partial charge in [0.05, 0.1) is 26.3 Å². The quantitative estimate of drug-likeness (QED) is 0.795. The molecule has 5 heteroatoms. The minimum absolute atomic E-state index is 0.289. The zero-order chi connectivity index (χ0) is 14.5. The number of hydrogen-bond donors (Lipinski definition) is 2. The van der Waals surface area contributed by atoms with Crippen molar-refractivity contribution in [1.29, 1.82) is 0 Å². The van der Waals surface area contributed by atoms with Crippen LogP contribution in [0.4, 0.5) is 0 Å². The van der Waals surface area contributed by atoms with Gasteiger partial charge >= 0.3 is 0 Å². The smallest absolute Gasteiger partial charge is 0.231 e. The fraction of sp³-hybridized carbons (Fsp3) is 0.625. The van der Waals surface area contributed by atoms with Crippen molar-refractivity contribution in [3.8, 4) is 11.5 Å². The van der Waals surface area contributed by atoms with Crippen molar-refractivity contribution in [3.63, 3.8) is 0 Å². The van der Waals surface area contributed by atoms with Crippen LogP contribution in [0.5, 0.6) is 11.5 Å². The van der Waals surface area contributed by atoms with Gasteiger partial charge in [-0.3, -0.25) is 0 Å². The maximum atomic E-state index is 10.0. The van der Waals surface area contributed by atoms with E-state index in [1.807, 2.05) is 18.2 Å². The van der Waals surface area contributed by atoms with Crippen molar-refractivity contribution in [3.05, 3.63) is 23.8 Å². The molecule has 1 saturated heterocycles. The van der Waals surface area contributed by atoms with Gasteiger partial charge in [0.1, 0.15) is 12.6 Å². The third-order valence-corrected chi connectivity index (χ3v) is 4.10. The van der Waals surface area contributed by atoms with E-state index in [0.717, 1.165) is 23.6 Å². The average molecular weight is 294 g/mol. The van der Waals surface area contributed by atoms with Crippen molar-refractivity contribution < 1.29 is 24.2 Å². The molecule has 5 nitrogen and oxygen atoms in total. The lowest BCUT2D eigenvalue weighted by Crippen LogP contribution is -3.14. The predicted molar refractivity (Wildman–Crippen MR) is 77.6 cm³/mol.